The summed E-state index contributed by atoms with van der Waals surface area (Å²) in [6.45, 7) is 0.0941. The summed E-state index contributed by atoms with van der Waals surface area (Å²) in [6.07, 6.45) is 3.26. The maximum atomic E-state index is 12.2. The fourth-order valence-electron chi connectivity index (χ4n) is 1.90. The van der Waals surface area contributed by atoms with Gasteiger partial charge >= 0.3 is 0 Å². The van der Waals surface area contributed by atoms with Crippen LogP contribution in [0.25, 0.3) is 0 Å². The molecule has 1 saturated carbocycles. The lowest BCUT2D eigenvalue weighted by molar-refractivity contribution is 0.281. The molecule has 0 spiro atoms. The first-order chi connectivity index (χ1) is 8.94. The average Bonchev–Trinajstić information content (AvgIpc) is 2.26. The van der Waals surface area contributed by atoms with Crippen molar-refractivity contribution in [3.8, 4) is 0 Å². The molecule has 0 heterocycles. The van der Waals surface area contributed by atoms with E-state index in [-0.39, 0.29) is 21.5 Å². The summed E-state index contributed by atoms with van der Waals surface area (Å²) in [6, 6.07) is 2.65. The van der Waals surface area contributed by atoms with Gasteiger partial charge in [-0.25, -0.2) is 13.1 Å². The maximum Gasteiger partial charge on any atom is 0.242 e. The lowest BCUT2D eigenvalue weighted by Gasteiger charge is -2.25. The van der Waals surface area contributed by atoms with Crippen molar-refractivity contribution >= 4 is 33.2 Å². The van der Waals surface area contributed by atoms with E-state index in [0.717, 1.165) is 19.3 Å². The third-order valence-corrected chi connectivity index (χ3v) is 5.59. The zero-order valence-corrected chi connectivity index (χ0v) is 12.5. The van der Waals surface area contributed by atoms with Crippen molar-refractivity contribution < 1.29 is 13.5 Å². The Morgan fingerprint density at radius 3 is 2.47 bits per heavy atom. The van der Waals surface area contributed by atoms with E-state index < -0.39 is 10.0 Å². The lowest BCUT2D eigenvalue weighted by atomic mass is 9.86. The molecule has 106 valence electrons. The summed E-state index contributed by atoms with van der Waals surface area (Å²) >= 11 is 11.8. The lowest BCUT2D eigenvalue weighted by Crippen LogP contribution is -2.32. The van der Waals surface area contributed by atoms with Crippen molar-refractivity contribution in [2.45, 2.75) is 30.8 Å². The molecule has 0 radical (unpaired) electrons. The van der Waals surface area contributed by atoms with Gasteiger partial charge in [-0.15, -0.1) is 0 Å². The van der Waals surface area contributed by atoms with E-state index in [2.05, 4.69) is 4.72 Å². The molecule has 19 heavy (non-hydrogen) atoms. The van der Waals surface area contributed by atoms with Crippen LogP contribution in [0.15, 0.2) is 17.0 Å². The number of hydrogen-bond donors (Lipinski definition) is 2. The summed E-state index contributed by atoms with van der Waals surface area (Å²) in [5.74, 6) is 0.415. The number of halogens is 2. The second-order valence-corrected chi connectivity index (χ2v) is 7.23. The molecule has 0 atom stereocenters. The minimum Gasteiger partial charge on any atom is -0.392 e. The van der Waals surface area contributed by atoms with E-state index in [1.54, 1.807) is 0 Å². The molecule has 0 bridgehead atoms. The summed E-state index contributed by atoms with van der Waals surface area (Å²) in [4.78, 5) is -0.0399. The molecule has 1 aliphatic carbocycles. The van der Waals surface area contributed by atoms with Gasteiger partial charge in [-0.2, -0.15) is 0 Å². The monoisotopic (exact) mass is 323 g/mol. The van der Waals surface area contributed by atoms with Crippen molar-refractivity contribution in [1.82, 2.24) is 4.72 Å². The largest absolute Gasteiger partial charge is 0.392 e. The van der Waals surface area contributed by atoms with Crippen LogP contribution < -0.4 is 4.72 Å². The highest BCUT2D eigenvalue weighted by Gasteiger charge is 2.23. The van der Waals surface area contributed by atoms with Gasteiger partial charge in [-0.05, 0) is 36.5 Å². The second-order valence-electron chi connectivity index (χ2n) is 4.68. The molecule has 1 aromatic carbocycles. The maximum absolute atomic E-state index is 12.2. The van der Waals surface area contributed by atoms with E-state index in [1.165, 1.54) is 12.1 Å². The molecule has 4 nitrogen and oxygen atoms in total. The Hall–Kier alpha value is -0.330. The van der Waals surface area contributed by atoms with E-state index in [4.69, 9.17) is 28.3 Å². The van der Waals surface area contributed by atoms with E-state index in [1.807, 2.05) is 0 Å². The van der Waals surface area contributed by atoms with Gasteiger partial charge in [-0.1, -0.05) is 29.6 Å². The van der Waals surface area contributed by atoms with Crippen LogP contribution in [0, 0.1) is 5.92 Å². The van der Waals surface area contributed by atoms with Crippen LogP contribution >= 0.6 is 23.2 Å². The average molecular weight is 324 g/mol. The molecule has 0 aromatic heterocycles. The zero-order valence-electron chi connectivity index (χ0n) is 10.2. The number of benzene rings is 1. The Morgan fingerprint density at radius 1 is 1.26 bits per heavy atom. The molecule has 0 unspecified atom stereocenters. The van der Waals surface area contributed by atoms with Gasteiger partial charge in [0, 0.05) is 11.6 Å². The zero-order chi connectivity index (χ0) is 14.0. The molecular formula is C12H15Cl2NO3S. The summed E-state index contributed by atoms with van der Waals surface area (Å²) in [5, 5.41) is 9.44. The van der Waals surface area contributed by atoms with E-state index in [0.29, 0.717) is 18.0 Å². The minimum atomic E-state index is -3.66. The summed E-state index contributed by atoms with van der Waals surface area (Å²) in [5.41, 5.74) is 0.343. The first kappa shape index (κ1) is 15.1. The predicted octanol–water partition coefficient (Wildman–Crippen LogP) is 2.56. The van der Waals surface area contributed by atoms with Gasteiger partial charge in [0.05, 0.1) is 11.6 Å². The van der Waals surface area contributed by atoms with Crippen LogP contribution in [-0.4, -0.2) is 20.1 Å². The Balaban J connectivity index is 2.23. The van der Waals surface area contributed by atoms with Crippen molar-refractivity contribution in [3.05, 3.63) is 27.7 Å². The number of nitrogens with one attached hydrogen (secondary N) is 1. The molecule has 7 heteroatoms. The minimum absolute atomic E-state index is 0.0399. The molecule has 2 N–H and O–H groups in total. The van der Waals surface area contributed by atoms with E-state index >= 15 is 0 Å². The topological polar surface area (TPSA) is 66.4 Å². The number of aliphatic hydroxyl groups is 1. The highest BCUT2D eigenvalue weighted by molar-refractivity contribution is 7.89. The van der Waals surface area contributed by atoms with Gasteiger partial charge in [0.1, 0.15) is 4.90 Å². The highest BCUT2D eigenvalue weighted by atomic mass is 35.5. The fourth-order valence-corrected chi connectivity index (χ4v) is 3.87. The second kappa shape index (κ2) is 5.97. The van der Waals surface area contributed by atoms with Gasteiger partial charge in [0.25, 0.3) is 0 Å². The van der Waals surface area contributed by atoms with Crippen molar-refractivity contribution in [2.24, 2.45) is 5.92 Å². The normalized spacial score (nSPS) is 16.4. The number of rotatable bonds is 5. The number of hydrogen-bond acceptors (Lipinski definition) is 3. The molecule has 0 saturated heterocycles. The standard InChI is InChI=1S/C12H15Cl2NO3S/c13-10-5-11(14)12(4-9(10)7-16)19(17,18)15-6-8-2-1-3-8/h4-5,8,15-16H,1-3,6-7H2. The first-order valence-corrected chi connectivity index (χ1v) is 8.26. The Morgan fingerprint density at radius 2 is 1.95 bits per heavy atom. The molecule has 0 aliphatic heterocycles. The van der Waals surface area contributed by atoms with Gasteiger partial charge in [0.2, 0.25) is 10.0 Å². The van der Waals surface area contributed by atoms with Gasteiger partial charge in [-0.3, -0.25) is 0 Å². The number of sulfonamides is 1. The SMILES string of the molecule is O=S(=O)(NCC1CCC1)c1cc(CO)c(Cl)cc1Cl. The van der Waals surface area contributed by atoms with Crippen LogP contribution in [0.3, 0.4) is 0 Å². The van der Waals surface area contributed by atoms with Crippen molar-refractivity contribution in [3.63, 3.8) is 0 Å². The molecule has 1 aromatic rings. The Kier molecular flexibility index (Phi) is 4.74. The Labute approximate surface area is 122 Å². The van der Waals surface area contributed by atoms with Gasteiger partial charge < -0.3 is 5.11 Å². The van der Waals surface area contributed by atoms with Crippen LogP contribution in [0.1, 0.15) is 24.8 Å². The summed E-state index contributed by atoms with van der Waals surface area (Å²) < 4.78 is 26.9. The van der Waals surface area contributed by atoms with Crippen LogP contribution in [0.5, 0.6) is 0 Å². The Bertz CT molecular complexity index is 571. The first-order valence-electron chi connectivity index (χ1n) is 6.02. The predicted molar refractivity (Wildman–Crippen MR) is 74.9 cm³/mol. The van der Waals surface area contributed by atoms with Crippen LogP contribution in [0.2, 0.25) is 10.0 Å². The van der Waals surface area contributed by atoms with Crippen molar-refractivity contribution in [1.29, 1.82) is 0 Å². The van der Waals surface area contributed by atoms with Crippen LogP contribution in [0.4, 0.5) is 0 Å². The highest BCUT2D eigenvalue weighted by Crippen LogP contribution is 2.30. The van der Waals surface area contributed by atoms with Crippen molar-refractivity contribution in [2.75, 3.05) is 6.54 Å². The number of aliphatic hydroxyl groups excluding tert-OH is 1. The fraction of sp³-hybridized carbons (Fsp3) is 0.500. The third kappa shape index (κ3) is 3.41. The molecule has 2 rings (SSSR count). The molecular weight excluding hydrogens is 309 g/mol. The molecule has 1 aliphatic rings. The summed E-state index contributed by atoms with van der Waals surface area (Å²) in [7, 11) is -3.66. The van der Waals surface area contributed by atoms with Gasteiger partial charge in [0.15, 0.2) is 0 Å². The quantitative estimate of drug-likeness (QED) is 0.875. The smallest absolute Gasteiger partial charge is 0.242 e. The third-order valence-electron chi connectivity index (χ3n) is 3.35. The molecule has 1 fully saturated rings. The van der Waals surface area contributed by atoms with Crippen LogP contribution in [-0.2, 0) is 16.6 Å². The van der Waals surface area contributed by atoms with E-state index in [9.17, 15) is 8.42 Å². The molecule has 0 amide bonds.